The number of hydrogen-bond donors (Lipinski definition) is 2. The van der Waals surface area contributed by atoms with E-state index in [1.54, 1.807) is 43.5 Å². The van der Waals surface area contributed by atoms with E-state index in [9.17, 15) is 8.42 Å². The third-order valence-electron chi connectivity index (χ3n) is 4.37. The van der Waals surface area contributed by atoms with Crippen molar-refractivity contribution < 1.29 is 13.2 Å². The van der Waals surface area contributed by atoms with E-state index in [2.05, 4.69) is 10.0 Å². The maximum absolute atomic E-state index is 12.4. The Morgan fingerprint density at radius 2 is 1.43 bits per heavy atom. The monoisotopic (exact) mass is 396 g/mol. The van der Waals surface area contributed by atoms with Crippen molar-refractivity contribution in [1.29, 1.82) is 0 Å². The Morgan fingerprint density at radius 3 is 2.04 bits per heavy atom. The second-order valence-electron chi connectivity index (χ2n) is 6.52. The van der Waals surface area contributed by atoms with E-state index in [1.807, 2.05) is 43.3 Å². The van der Waals surface area contributed by atoms with Gasteiger partial charge >= 0.3 is 0 Å². The van der Waals surface area contributed by atoms with E-state index < -0.39 is 10.0 Å². The zero-order valence-electron chi connectivity index (χ0n) is 16.0. The number of anilines is 2. The van der Waals surface area contributed by atoms with Gasteiger partial charge in [-0.05, 0) is 67.4 Å². The molecule has 0 bridgehead atoms. The maximum Gasteiger partial charge on any atom is 0.261 e. The third kappa shape index (κ3) is 5.27. The molecule has 3 aromatic rings. The molecule has 3 rings (SSSR count). The van der Waals surface area contributed by atoms with Crippen molar-refractivity contribution >= 4 is 21.4 Å². The molecule has 6 heteroatoms. The van der Waals surface area contributed by atoms with Crippen LogP contribution in [-0.4, -0.2) is 22.1 Å². The van der Waals surface area contributed by atoms with Crippen LogP contribution in [0.2, 0.25) is 0 Å². The fourth-order valence-corrected chi connectivity index (χ4v) is 3.79. The molecule has 0 spiro atoms. The first-order valence-electron chi connectivity index (χ1n) is 9.03. The maximum atomic E-state index is 12.4. The summed E-state index contributed by atoms with van der Waals surface area (Å²) < 4.78 is 32.6. The molecule has 28 heavy (non-hydrogen) atoms. The number of nitrogens with one attached hydrogen (secondary N) is 2. The van der Waals surface area contributed by atoms with Gasteiger partial charge in [0.1, 0.15) is 5.75 Å². The van der Waals surface area contributed by atoms with Gasteiger partial charge in [0.05, 0.1) is 12.0 Å². The highest BCUT2D eigenvalue weighted by molar-refractivity contribution is 7.92. The fraction of sp³-hybridized carbons (Fsp3) is 0.182. The molecule has 0 aromatic heterocycles. The Balaban J connectivity index is 1.54. The average Bonchev–Trinajstić information content (AvgIpc) is 2.70. The summed E-state index contributed by atoms with van der Waals surface area (Å²) in [7, 11) is -1.93. The topological polar surface area (TPSA) is 67.4 Å². The Morgan fingerprint density at radius 1 is 0.821 bits per heavy atom. The van der Waals surface area contributed by atoms with Crippen molar-refractivity contribution in [2.75, 3.05) is 23.7 Å². The van der Waals surface area contributed by atoms with Crippen LogP contribution in [-0.2, 0) is 16.4 Å². The van der Waals surface area contributed by atoms with E-state index in [0.717, 1.165) is 30.0 Å². The summed E-state index contributed by atoms with van der Waals surface area (Å²) in [6.07, 6.45) is 0.881. The van der Waals surface area contributed by atoms with Crippen molar-refractivity contribution in [3.63, 3.8) is 0 Å². The fourth-order valence-electron chi connectivity index (χ4n) is 2.73. The average molecular weight is 397 g/mol. The van der Waals surface area contributed by atoms with Gasteiger partial charge in [0.25, 0.3) is 10.0 Å². The highest BCUT2D eigenvalue weighted by Crippen LogP contribution is 2.19. The summed E-state index contributed by atoms with van der Waals surface area (Å²) in [5.41, 5.74) is 3.70. The second kappa shape index (κ2) is 8.80. The second-order valence-corrected chi connectivity index (χ2v) is 8.20. The van der Waals surface area contributed by atoms with Gasteiger partial charge < -0.3 is 10.1 Å². The summed E-state index contributed by atoms with van der Waals surface area (Å²) in [5.74, 6) is 0.848. The lowest BCUT2D eigenvalue weighted by Gasteiger charge is -2.10. The summed E-state index contributed by atoms with van der Waals surface area (Å²) in [5, 5.41) is 3.34. The quantitative estimate of drug-likeness (QED) is 0.590. The third-order valence-corrected chi connectivity index (χ3v) is 5.77. The van der Waals surface area contributed by atoms with Gasteiger partial charge in [-0.25, -0.2) is 8.42 Å². The summed E-state index contributed by atoms with van der Waals surface area (Å²) >= 11 is 0. The molecule has 2 N–H and O–H groups in total. The molecule has 3 aromatic carbocycles. The number of rotatable bonds is 8. The van der Waals surface area contributed by atoms with Crippen LogP contribution in [0.25, 0.3) is 0 Å². The number of benzene rings is 3. The van der Waals surface area contributed by atoms with Gasteiger partial charge in [0.15, 0.2) is 0 Å². The van der Waals surface area contributed by atoms with Crippen LogP contribution >= 0.6 is 0 Å². The van der Waals surface area contributed by atoms with Crippen molar-refractivity contribution in [3.05, 3.63) is 83.9 Å². The molecule has 0 radical (unpaired) electrons. The SMILES string of the molecule is COc1ccc(CCNc2ccc(NS(=O)(=O)c3ccc(C)cc3)cc2)cc1. The zero-order chi connectivity index (χ0) is 20.0. The molecule has 5 nitrogen and oxygen atoms in total. The molecule has 0 amide bonds. The Bertz CT molecular complexity index is 997. The summed E-state index contributed by atoms with van der Waals surface area (Å²) in [4.78, 5) is 0.250. The number of hydrogen-bond acceptors (Lipinski definition) is 4. The van der Waals surface area contributed by atoms with E-state index in [-0.39, 0.29) is 4.90 Å². The minimum atomic E-state index is -3.58. The van der Waals surface area contributed by atoms with Gasteiger partial charge in [0.2, 0.25) is 0 Å². The lowest BCUT2D eigenvalue weighted by Crippen LogP contribution is -2.13. The molecular weight excluding hydrogens is 372 g/mol. The van der Waals surface area contributed by atoms with Gasteiger partial charge in [-0.15, -0.1) is 0 Å². The van der Waals surface area contributed by atoms with Crippen molar-refractivity contribution in [1.82, 2.24) is 0 Å². The van der Waals surface area contributed by atoms with Crippen LogP contribution in [0.1, 0.15) is 11.1 Å². The molecule has 0 saturated heterocycles. The standard InChI is InChI=1S/C22H24N2O3S/c1-17-3-13-22(14-4-17)28(25,26)24-20-9-7-19(8-10-20)23-16-15-18-5-11-21(27-2)12-6-18/h3-14,23-24H,15-16H2,1-2H3. The smallest absolute Gasteiger partial charge is 0.261 e. The van der Waals surface area contributed by atoms with Crippen LogP contribution < -0.4 is 14.8 Å². The highest BCUT2D eigenvalue weighted by Gasteiger charge is 2.13. The van der Waals surface area contributed by atoms with Crippen molar-refractivity contribution in [2.45, 2.75) is 18.2 Å². The van der Waals surface area contributed by atoms with E-state index in [0.29, 0.717) is 5.69 Å². The normalized spacial score (nSPS) is 11.1. The van der Waals surface area contributed by atoms with Gasteiger partial charge in [-0.2, -0.15) is 0 Å². The first-order chi connectivity index (χ1) is 13.5. The van der Waals surface area contributed by atoms with Crippen LogP contribution in [0.3, 0.4) is 0 Å². The molecule has 0 atom stereocenters. The first-order valence-corrected chi connectivity index (χ1v) is 10.5. The molecule has 0 saturated carbocycles. The zero-order valence-corrected chi connectivity index (χ0v) is 16.8. The molecule has 0 unspecified atom stereocenters. The Labute approximate surface area is 166 Å². The van der Waals surface area contributed by atoms with E-state index in [1.165, 1.54) is 5.56 Å². The van der Waals surface area contributed by atoms with E-state index in [4.69, 9.17) is 4.74 Å². The first kappa shape index (κ1) is 19.8. The van der Waals surface area contributed by atoms with Gasteiger partial charge in [-0.1, -0.05) is 29.8 Å². The van der Waals surface area contributed by atoms with Gasteiger partial charge in [0, 0.05) is 17.9 Å². The molecule has 146 valence electrons. The number of ether oxygens (including phenoxy) is 1. The van der Waals surface area contributed by atoms with Gasteiger partial charge in [-0.3, -0.25) is 4.72 Å². The lowest BCUT2D eigenvalue weighted by molar-refractivity contribution is 0.414. The Hall–Kier alpha value is -2.99. The molecule has 0 aliphatic heterocycles. The van der Waals surface area contributed by atoms with Crippen molar-refractivity contribution in [2.24, 2.45) is 0 Å². The minimum absolute atomic E-state index is 0.250. The predicted molar refractivity (Wildman–Crippen MR) is 114 cm³/mol. The molecule has 0 fully saturated rings. The lowest BCUT2D eigenvalue weighted by atomic mass is 10.1. The number of methoxy groups -OCH3 is 1. The molecule has 0 aliphatic carbocycles. The van der Waals surface area contributed by atoms with Crippen LogP contribution in [0.15, 0.2) is 77.7 Å². The molecule has 0 aliphatic rings. The summed E-state index contributed by atoms with van der Waals surface area (Å²) in [6, 6.07) is 22.0. The van der Waals surface area contributed by atoms with Crippen LogP contribution in [0.4, 0.5) is 11.4 Å². The molecule has 0 heterocycles. The number of aryl methyl sites for hydroxylation is 1. The minimum Gasteiger partial charge on any atom is -0.497 e. The predicted octanol–water partition coefficient (Wildman–Crippen LogP) is 4.46. The largest absolute Gasteiger partial charge is 0.497 e. The summed E-state index contributed by atoms with van der Waals surface area (Å²) in [6.45, 7) is 2.70. The molecular formula is C22H24N2O3S. The van der Waals surface area contributed by atoms with Crippen molar-refractivity contribution in [3.8, 4) is 5.75 Å². The Kier molecular flexibility index (Phi) is 6.21. The number of sulfonamides is 1. The van der Waals surface area contributed by atoms with Crippen LogP contribution in [0.5, 0.6) is 5.75 Å². The van der Waals surface area contributed by atoms with Crippen LogP contribution in [0, 0.1) is 6.92 Å². The van der Waals surface area contributed by atoms with E-state index >= 15 is 0 Å². The highest BCUT2D eigenvalue weighted by atomic mass is 32.2.